The van der Waals surface area contributed by atoms with Crippen LogP contribution >= 0.6 is 0 Å². The molecule has 21 heavy (non-hydrogen) atoms. The highest BCUT2D eigenvalue weighted by Crippen LogP contribution is 2.19. The highest BCUT2D eigenvalue weighted by atomic mass is 32.2. The fourth-order valence-corrected chi connectivity index (χ4v) is 3.78. The van der Waals surface area contributed by atoms with E-state index < -0.39 is 16.1 Å². The normalized spacial score (nSPS) is 17.8. The molecule has 0 radical (unpaired) electrons. The average molecular weight is 317 g/mol. The number of hydrogen-bond acceptors (Lipinski definition) is 6. The van der Waals surface area contributed by atoms with Crippen molar-refractivity contribution in [2.75, 3.05) is 26.3 Å². The summed E-state index contributed by atoms with van der Waals surface area (Å²) in [5.41, 5.74) is 0.269. The number of aryl methyl sites for hydroxylation is 2. The first-order valence-electron chi connectivity index (χ1n) is 6.64. The summed E-state index contributed by atoms with van der Waals surface area (Å²) in [5, 5.41) is 3.62. The van der Waals surface area contributed by atoms with Crippen molar-refractivity contribution in [3.8, 4) is 0 Å². The van der Waals surface area contributed by atoms with E-state index >= 15 is 0 Å². The minimum Gasteiger partial charge on any atom is -0.378 e. The van der Waals surface area contributed by atoms with Crippen LogP contribution in [0, 0.1) is 13.8 Å². The molecule has 2 heterocycles. The Hall–Kier alpha value is -1.45. The van der Waals surface area contributed by atoms with E-state index in [-0.39, 0.29) is 22.3 Å². The van der Waals surface area contributed by atoms with E-state index in [0.29, 0.717) is 26.3 Å². The molecule has 1 fully saturated rings. The van der Waals surface area contributed by atoms with E-state index in [1.165, 1.54) is 13.8 Å². The Labute approximate surface area is 123 Å². The van der Waals surface area contributed by atoms with Crippen molar-refractivity contribution in [3.05, 3.63) is 11.5 Å². The maximum atomic E-state index is 12.3. The Bertz CT molecular complexity index is 599. The summed E-state index contributed by atoms with van der Waals surface area (Å²) in [6, 6.07) is -0.859. The number of amides is 1. The van der Waals surface area contributed by atoms with Gasteiger partial charge in [0, 0.05) is 13.1 Å². The first-order valence-corrected chi connectivity index (χ1v) is 8.13. The molecule has 2 rings (SSSR count). The van der Waals surface area contributed by atoms with Gasteiger partial charge in [0.1, 0.15) is 10.6 Å². The number of aromatic nitrogens is 1. The van der Waals surface area contributed by atoms with E-state index in [0.717, 1.165) is 0 Å². The van der Waals surface area contributed by atoms with Gasteiger partial charge in [-0.2, -0.15) is 4.72 Å². The van der Waals surface area contributed by atoms with Gasteiger partial charge in [0.25, 0.3) is 0 Å². The molecule has 0 saturated carbocycles. The number of sulfonamides is 1. The molecule has 0 aliphatic carbocycles. The number of carbonyl (C=O) groups excluding carboxylic acids is 1. The zero-order chi connectivity index (χ0) is 15.6. The summed E-state index contributed by atoms with van der Waals surface area (Å²) >= 11 is 0. The summed E-state index contributed by atoms with van der Waals surface area (Å²) in [6.07, 6.45) is 0. The van der Waals surface area contributed by atoms with Crippen LogP contribution in [0.4, 0.5) is 0 Å². The van der Waals surface area contributed by atoms with Gasteiger partial charge >= 0.3 is 0 Å². The Morgan fingerprint density at radius 1 is 1.33 bits per heavy atom. The van der Waals surface area contributed by atoms with Crippen LogP contribution in [0.3, 0.4) is 0 Å². The quantitative estimate of drug-likeness (QED) is 0.826. The molecular formula is C12H19N3O5S. The predicted octanol–water partition coefficient (Wildman–Crippen LogP) is -0.183. The monoisotopic (exact) mass is 317 g/mol. The summed E-state index contributed by atoms with van der Waals surface area (Å²) in [6.45, 7) is 6.45. The number of morpholine rings is 1. The van der Waals surface area contributed by atoms with Crippen molar-refractivity contribution in [2.45, 2.75) is 31.7 Å². The standard InChI is InChI=1S/C12H19N3O5S/c1-8-11(10(3)20-13-8)21(17,18)14-9(2)12(16)15-4-6-19-7-5-15/h9,14H,4-7H2,1-3H3/t9-/m0/s1. The number of rotatable bonds is 4. The van der Waals surface area contributed by atoms with Crippen LogP contribution in [-0.4, -0.2) is 56.7 Å². The molecule has 1 aliphatic heterocycles. The number of ether oxygens (including phenoxy) is 1. The molecule has 0 aromatic carbocycles. The zero-order valence-corrected chi connectivity index (χ0v) is 13.1. The van der Waals surface area contributed by atoms with Gasteiger partial charge in [-0.3, -0.25) is 4.79 Å². The second-order valence-corrected chi connectivity index (χ2v) is 6.58. The van der Waals surface area contributed by atoms with Gasteiger partial charge in [0.2, 0.25) is 15.9 Å². The van der Waals surface area contributed by atoms with Crippen molar-refractivity contribution in [2.24, 2.45) is 0 Å². The predicted molar refractivity (Wildman–Crippen MR) is 73.2 cm³/mol. The Balaban J connectivity index is 2.11. The molecule has 1 N–H and O–H groups in total. The number of nitrogens with zero attached hydrogens (tertiary/aromatic N) is 2. The molecule has 8 nitrogen and oxygen atoms in total. The summed E-state index contributed by atoms with van der Waals surface area (Å²) < 4.78 is 37.1. The molecule has 0 spiro atoms. The Morgan fingerprint density at radius 2 is 1.95 bits per heavy atom. The van der Waals surface area contributed by atoms with Crippen LogP contribution in [0.5, 0.6) is 0 Å². The van der Waals surface area contributed by atoms with Crippen molar-refractivity contribution < 1.29 is 22.5 Å². The Morgan fingerprint density at radius 3 is 2.48 bits per heavy atom. The minimum atomic E-state index is -3.85. The summed E-state index contributed by atoms with van der Waals surface area (Å²) in [7, 11) is -3.85. The van der Waals surface area contributed by atoms with E-state index in [1.807, 2.05) is 0 Å². The SMILES string of the molecule is Cc1noc(C)c1S(=O)(=O)N[C@@H](C)C(=O)N1CCOCC1. The molecule has 9 heteroatoms. The zero-order valence-electron chi connectivity index (χ0n) is 12.2. The van der Waals surface area contributed by atoms with Crippen LogP contribution in [0.15, 0.2) is 9.42 Å². The lowest BCUT2D eigenvalue weighted by Crippen LogP contribution is -2.50. The van der Waals surface area contributed by atoms with Crippen molar-refractivity contribution in [1.29, 1.82) is 0 Å². The van der Waals surface area contributed by atoms with Crippen LogP contribution in [-0.2, 0) is 19.6 Å². The molecule has 0 bridgehead atoms. The lowest BCUT2D eigenvalue weighted by Gasteiger charge is -2.29. The lowest BCUT2D eigenvalue weighted by molar-refractivity contribution is -0.136. The van der Waals surface area contributed by atoms with Crippen molar-refractivity contribution in [3.63, 3.8) is 0 Å². The van der Waals surface area contributed by atoms with Gasteiger partial charge in [0.15, 0.2) is 5.76 Å². The molecule has 1 aromatic rings. The molecular weight excluding hydrogens is 298 g/mol. The molecule has 1 amide bonds. The summed E-state index contributed by atoms with van der Waals surface area (Å²) in [5.74, 6) is -0.0698. The third-order valence-electron chi connectivity index (χ3n) is 3.26. The van der Waals surface area contributed by atoms with Gasteiger partial charge in [-0.25, -0.2) is 8.42 Å². The van der Waals surface area contributed by atoms with E-state index in [2.05, 4.69) is 9.88 Å². The van der Waals surface area contributed by atoms with Crippen LogP contribution in [0.25, 0.3) is 0 Å². The van der Waals surface area contributed by atoms with Crippen molar-refractivity contribution in [1.82, 2.24) is 14.8 Å². The van der Waals surface area contributed by atoms with Gasteiger partial charge in [-0.15, -0.1) is 0 Å². The Kier molecular flexibility index (Phi) is 4.64. The molecule has 1 atom stereocenters. The van der Waals surface area contributed by atoms with Gasteiger partial charge in [-0.05, 0) is 20.8 Å². The second-order valence-electron chi connectivity index (χ2n) is 4.93. The lowest BCUT2D eigenvalue weighted by atomic mass is 10.3. The summed E-state index contributed by atoms with van der Waals surface area (Å²) in [4.78, 5) is 13.8. The number of hydrogen-bond donors (Lipinski definition) is 1. The van der Waals surface area contributed by atoms with E-state index in [4.69, 9.17) is 9.26 Å². The van der Waals surface area contributed by atoms with Gasteiger partial charge in [0.05, 0.1) is 19.3 Å². The fraction of sp³-hybridized carbons (Fsp3) is 0.667. The first kappa shape index (κ1) is 15.9. The highest BCUT2D eigenvalue weighted by molar-refractivity contribution is 7.89. The number of nitrogens with one attached hydrogen (secondary N) is 1. The molecule has 1 saturated heterocycles. The van der Waals surface area contributed by atoms with E-state index in [1.54, 1.807) is 11.8 Å². The smallest absolute Gasteiger partial charge is 0.246 e. The maximum Gasteiger partial charge on any atom is 0.246 e. The van der Waals surface area contributed by atoms with Crippen LogP contribution in [0.1, 0.15) is 18.4 Å². The van der Waals surface area contributed by atoms with E-state index in [9.17, 15) is 13.2 Å². The highest BCUT2D eigenvalue weighted by Gasteiger charge is 2.30. The number of carbonyl (C=O) groups is 1. The second kappa shape index (κ2) is 6.12. The molecule has 1 aromatic heterocycles. The third kappa shape index (κ3) is 3.42. The molecule has 0 unspecified atom stereocenters. The topological polar surface area (TPSA) is 102 Å². The molecule has 1 aliphatic rings. The third-order valence-corrected chi connectivity index (χ3v) is 5.05. The molecule has 118 valence electrons. The maximum absolute atomic E-state index is 12.3. The van der Waals surface area contributed by atoms with Gasteiger partial charge in [-0.1, -0.05) is 5.16 Å². The minimum absolute atomic E-state index is 0.0101. The largest absolute Gasteiger partial charge is 0.378 e. The fourth-order valence-electron chi connectivity index (χ4n) is 2.26. The first-order chi connectivity index (χ1) is 9.83. The average Bonchev–Trinajstić information content (AvgIpc) is 2.78. The van der Waals surface area contributed by atoms with Crippen LogP contribution < -0.4 is 4.72 Å². The van der Waals surface area contributed by atoms with Crippen molar-refractivity contribution >= 4 is 15.9 Å². The van der Waals surface area contributed by atoms with Crippen LogP contribution in [0.2, 0.25) is 0 Å². The van der Waals surface area contributed by atoms with Gasteiger partial charge < -0.3 is 14.2 Å².